The van der Waals surface area contributed by atoms with E-state index in [4.69, 9.17) is 4.74 Å². The van der Waals surface area contributed by atoms with Crippen molar-refractivity contribution in [1.82, 2.24) is 9.97 Å². The fourth-order valence-electron chi connectivity index (χ4n) is 2.47. The van der Waals surface area contributed by atoms with Crippen molar-refractivity contribution in [2.75, 3.05) is 17.7 Å². The maximum Gasteiger partial charge on any atom is 0.337 e. The zero-order valence-corrected chi connectivity index (χ0v) is 14.9. The minimum Gasteiger partial charge on any atom is -0.465 e. The number of nitrogens with one attached hydrogen (secondary N) is 2. The van der Waals surface area contributed by atoms with Crippen LogP contribution in [0.3, 0.4) is 0 Å². The van der Waals surface area contributed by atoms with Crippen LogP contribution in [0.25, 0.3) is 0 Å². The summed E-state index contributed by atoms with van der Waals surface area (Å²) >= 11 is 0. The number of aromatic nitrogens is 2. The Morgan fingerprint density at radius 1 is 0.962 bits per heavy atom. The van der Waals surface area contributed by atoms with Crippen molar-refractivity contribution >= 4 is 29.0 Å². The number of hydrogen-bond donors (Lipinski definition) is 2. The molecule has 6 heteroatoms. The molecule has 0 unspecified atom stereocenters. The van der Waals surface area contributed by atoms with Crippen molar-refractivity contribution in [2.24, 2.45) is 0 Å². The number of anilines is 4. The average Bonchev–Trinajstić information content (AvgIpc) is 2.66. The number of hydrogen-bond acceptors (Lipinski definition) is 6. The Labute approximate surface area is 152 Å². The summed E-state index contributed by atoms with van der Waals surface area (Å²) in [6, 6.07) is 14.9. The number of carbonyl (C=O) groups is 1. The van der Waals surface area contributed by atoms with Crippen LogP contribution in [-0.4, -0.2) is 23.0 Å². The number of carbonyl (C=O) groups excluding carboxylic acids is 1. The molecule has 0 atom stereocenters. The summed E-state index contributed by atoms with van der Waals surface area (Å²) in [4.78, 5) is 20.0. The van der Waals surface area contributed by atoms with Crippen molar-refractivity contribution in [3.8, 4) is 0 Å². The molecule has 2 N–H and O–H groups in total. The summed E-state index contributed by atoms with van der Waals surface area (Å²) in [5.74, 6) is 0.986. The molecule has 0 saturated heterocycles. The van der Waals surface area contributed by atoms with Gasteiger partial charge in [-0.1, -0.05) is 12.1 Å². The predicted molar refractivity (Wildman–Crippen MR) is 102 cm³/mol. The highest BCUT2D eigenvalue weighted by Crippen LogP contribution is 2.23. The Morgan fingerprint density at radius 2 is 1.65 bits per heavy atom. The molecule has 0 bridgehead atoms. The second kappa shape index (κ2) is 7.65. The average molecular weight is 348 g/mol. The van der Waals surface area contributed by atoms with Gasteiger partial charge in [0.05, 0.1) is 12.7 Å². The summed E-state index contributed by atoms with van der Waals surface area (Å²) in [6.45, 7) is 4.15. The molecule has 3 rings (SSSR count). The van der Waals surface area contributed by atoms with Crippen LogP contribution in [0.4, 0.5) is 23.0 Å². The van der Waals surface area contributed by atoms with Gasteiger partial charge in [-0.25, -0.2) is 14.8 Å². The number of ether oxygens (including phenoxy) is 1. The minimum absolute atomic E-state index is 0.362. The number of nitrogens with zero attached hydrogens (tertiary/aromatic N) is 2. The fourth-order valence-corrected chi connectivity index (χ4v) is 2.47. The lowest BCUT2D eigenvalue weighted by atomic mass is 10.1. The van der Waals surface area contributed by atoms with E-state index in [2.05, 4.69) is 40.5 Å². The molecule has 3 aromatic rings. The van der Waals surface area contributed by atoms with Crippen molar-refractivity contribution in [1.29, 1.82) is 0 Å². The van der Waals surface area contributed by atoms with E-state index < -0.39 is 0 Å². The minimum atomic E-state index is -0.362. The first-order valence-corrected chi connectivity index (χ1v) is 8.17. The van der Waals surface area contributed by atoms with E-state index in [1.54, 1.807) is 24.3 Å². The summed E-state index contributed by atoms with van der Waals surface area (Å²) in [7, 11) is 1.36. The van der Waals surface area contributed by atoms with Gasteiger partial charge in [0.15, 0.2) is 0 Å². The molecular weight excluding hydrogens is 328 g/mol. The molecule has 1 heterocycles. The lowest BCUT2D eigenvalue weighted by Gasteiger charge is -2.12. The summed E-state index contributed by atoms with van der Waals surface area (Å²) in [5.41, 5.74) is 4.72. The number of benzene rings is 2. The molecule has 6 nitrogen and oxygen atoms in total. The summed E-state index contributed by atoms with van der Waals surface area (Å²) in [5, 5.41) is 6.52. The van der Waals surface area contributed by atoms with Gasteiger partial charge in [0.2, 0.25) is 0 Å². The Morgan fingerprint density at radius 3 is 2.35 bits per heavy atom. The van der Waals surface area contributed by atoms with Gasteiger partial charge in [-0.15, -0.1) is 0 Å². The molecule has 0 amide bonds. The Balaban J connectivity index is 1.75. The van der Waals surface area contributed by atoms with Gasteiger partial charge in [-0.05, 0) is 55.3 Å². The Hall–Kier alpha value is -3.41. The molecule has 1 aromatic heterocycles. The van der Waals surface area contributed by atoms with Crippen molar-refractivity contribution in [3.63, 3.8) is 0 Å². The van der Waals surface area contributed by atoms with Gasteiger partial charge in [0.1, 0.15) is 18.0 Å². The van der Waals surface area contributed by atoms with Gasteiger partial charge >= 0.3 is 5.97 Å². The molecular formula is C20H20N4O2. The molecule has 26 heavy (non-hydrogen) atoms. The zero-order chi connectivity index (χ0) is 18.5. The van der Waals surface area contributed by atoms with Crippen molar-refractivity contribution < 1.29 is 9.53 Å². The van der Waals surface area contributed by atoms with Crippen LogP contribution in [0.2, 0.25) is 0 Å². The van der Waals surface area contributed by atoms with E-state index in [1.165, 1.54) is 24.6 Å². The van der Waals surface area contributed by atoms with Crippen LogP contribution in [-0.2, 0) is 4.74 Å². The second-order valence-electron chi connectivity index (χ2n) is 5.85. The monoisotopic (exact) mass is 348 g/mol. The molecule has 0 spiro atoms. The molecule has 0 aliphatic heterocycles. The third kappa shape index (κ3) is 3.97. The predicted octanol–water partition coefficient (Wildman–Crippen LogP) is 4.37. The quantitative estimate of drug-likeness (QED) is 0.667. The van der Waals surface area contributed by atoms with Crippen LogP contribution in [0, 0.1) is 13.8 Å². The summed E-state index contributed by atoms with van der Waals surface area (Å²) in [6.07, 6.45) is 1.50. The van der Waals surface area contributed by atoms with Gasteiger partial charge in [-0.3, -0.25) is 0 Å². The number of aryl methyl sites for hydroxylation is 1. The first-order valence-electron chi connectivity index (χ1n) is 8.17. The van der Waals surface area contributed by atoms with Crippen molar-refractivity contribution in [3.05, 3.63) is 71.5 Å². The molecule has 0 aliphatic carbocycles. The number of rotatable bonds is 5. The third-order valence-corrected chi connectivity index (χ3v) is 4.11. The second-order valence-corrected chi connectivity index (χ2v) is 5.85. The highest BCUT2D eigenvalue weighted by atomic mass is 16.5. The van der Waals surface area contributed by atoms with E-state index in [0.717, 1.165) is 11.4 Å². The van der Waals surface area contributed by atoms with E-state index in [-0.39, 0.29) is 5.97 Å². The maximum atomic E-state index is 11.5. The molecule has 0 radical (unpaired) electrons. The first kappa shape index (κ1) is 17.4. The highest BCUT2D eigenvalue weighted by molar-refractivity contribution is 5.89. The zero-order valence-electron chi connectivity index (χ0n) is 14.9. The van der Waals surface area contributed by atoms with Crippen LogP contribution in [0.15, 0.2) is 54.9 Å². The molecule has 2 aromatic carbocycles. The van der Waals surface area contributed by atoms with Crippen LogP contribution in [0.1, 0.15) is 21.5 Å². The maximum absolute atomic E-state index is 11.5. The first-order chi connectivity index (χ1) is 12.6. The van der Waals surface area contributed by atoms with Gasteiger partial charge in [0.25, 0.3) is 0 Å². The Kier molecular flexibility index (Phi) is 5.12. The van der Waals surface area contributed by atoms with Gasteiger partial charge < -0.3 is 15.4 Å². The van der Waals surface area contributed by atoms with E-state index in [9.17, 15) is 4.79 Å². The van der Waals surface area contributed by atoms with E-state index >= 15 is 0 Å². The SMILES string of the molecule is COC(=O)c1ccc(Nc2cc(Nc3cccc(C)c3C)ncn2)cc1. The smallest absolute Gasteiger partial charge is 0.337 e. The van der Waals surface area contributed by atoms with Gasteiger partial charge in [-0.2, -0.15) is 0 Å². The number of methoxy groups -OCH3 is 1. The lowest BCUT2D eigenvalue weighted by Crippen LogP contribution is -2.02. The largest absolute Gasteiger partial charge is 0.465 e. The highest BCUT2D eigenvalue weighted by Gasteiger charge is 2.06. The van der Waals surface area contributed by atoms with Crippen LogP contribution < -0.4 is 10.6 Å². The Bertz CT molecular complexity index is 923. The standard InChI is InChI=1S/C20H20N4O2/c1-13-5-4-6-17(14(13)2)24-19-11-18(21-12-22-19)23-16-9-7-15(8-10-16)20(25)26-3/h4-12H,1-3H3,(H2,21,22,23,24). The summed E-state index contributed by atoms with van der Waals surface area (Å²) < 4.78 is 4.70. The van der Waals surface area contributed by atoms with Crippen LogP contribution in [0.5, 0.6) is 0 Å². The molecule has 132 valence electrons. The molecule has 0 saturated carbocycles. The van der Waals surface area contributed by atoms with E-state index in [0.29, 0.717) is 17.2 Å². The van der Waals surface area contributed by atoms with Crippen molar-refractivity contribution in [2.45, 2.75) is 13.8 Å². The fraction of sp³-hybridized carbons (Fsp3) is 0.150. The van der Waals surface area contributed by atoms with Gasteiger partial charge in [0, 0.05) is 17.4 Å². The third-order valence-electron chi connectivity index (χ3n) is 4.11. The van der Waals surface area contributed by atoms with E-state index in [1.807, 2.05) is 18.2 Å². The molecule has 0 aliphatic rings. The number of esters is 1. The normalized spacial score (nSPS) is 10.3. The lowest BCUT2D eigenvalue weighted by molar-refractivity contribution is 0.0601. The topological polar surface area (TPSA) is 76.1 Å². The molecule has 0 fully saturated rings. The van der Waals surface area contributed by atoms with Crippen LogP contribution >= 0.6 is 0 Å².